The molecule has 0 N–H and O–H groups in total. The molecule has 0 fully saturated rings. The molecule has 210 valence electrons. The third-order valence-electron chi connectivity index (χ3n) is 6.05. The van der Waals surface area contributed by atoms with Gasteiger partial charge in [0.1, 0.15) is 5.75 Å². The quantitative estimate of drug-likeness (QED) is 0.288. The predicted molar refractivity (Wildman–Crippen MR) is 151 cm³/mol. The Kier molecular flexibility index (Phi) is 8.89. The topological polar surface area (TPSA) is 105 Å². The zero-order chi connectivity index (χ0) is 29.0. The van der Waals surface area contributed by atoms with Crippen molar-refractivity contribution in [3.63, 3.8) is 0 Å². The second-order valence-corrected chi connectivity index (χ2v) is 10.6. The number of hydrogen-bond donors (Lipinski definition) is 0. The van der Waals surface area contributed by atoms with Gasteiger partial charge in [0.25, 0.3) is 5.56 Å². The Bertz CT molecular complexity index is 1650. The molecule has 3 aromatic rings. The Balaban J connectivity index is 1.95. The maximum absolute atomic E-state index is 13.9. The van der Waals surface area contributed by atoms with Gasteiger partial charge in [0, 0.05) is 12.5 Å². The molecule has 2 heterocycles. The Morgan fingerprint density at radius 1 is 1.12 bits per heavy atom. The minimum Gasteiger partial charge on any atom is -0.496 e. The molecule has 9 nitrogen and oxygen atoms in total. The number of allylic oxidation sites excluding steroid dienone is 1. The number of hydrogen-bond acceptors (Lipinski definition) is 9. The lowest BCUT2D eigenvalue weighted by Gasteiger charge is -2.25. The number of esters is 2. The first kappa shape index (κ1) is 28.8. The van der Waals surface area contributed by atoms with Crippen LogP contribution in [0.1, 0.15) is 51.8 Å². The largest absolute Gasteiger partial charge is 0.496 e. The molecule has 1 aliphatic rings. The van der Waals surface area contributed by atoms with Crippen molar-refractivity contribution in [3.05, 3.63) is 84.5 Å². The van der Waals surface area contributed by atoms with Gasteiger partial charge in [0.05, 0.1) is 42.2 Å². The summed E-state index contributed by atoms with van der Waals surface area (Å²) < 4.78 is 24.1. The maximum atomic E-state index is 13.9. The Morgan fingerprint density at radius 2 is 1.88 bits per heavy atom. The fourth-order valence-electron chi connectivity index (χ4n) is 4.35. The Hall–Kier alpha value is -4.18. The summed E-state index contributed by atoms with van der Waals surface area (Å²) in [4.78, 5) is 44.1. The van der Waals surface area contributed by atoms with Crippen LogP contribution in [-0.4, -0.2) is 36.8 Å². The number of ether oxygens (including phenoxy) is 4. The van der Waals surface area contributed by atoms with Gasteiger partial charge in [-0.1, -0.05) is 49.4 Å². The van der Waals surface area contributed by atoms with Crippen LogP contribution in [0.3, 0.4) is 0 Å². The highest BCUT2D eigenvalue weighted by Gasteiger charge is 2.34. The number of nitrogens with zero attached hydrogens (tertiary/aromatic N) is 2. The summed E-state index contributed by atoms with van der Waals surface area (Å²) in [6, 6.07) is 11.5. The molecule has 2 aromatic carbocycles. The predicted octanol–water partition coefficient (Wildman–Crippen LogP) is 3.77. The van der Waals surface area contributed by atoms with Crippen molar-refractivity contribution in [3.8, 4) is 17.2 Å². The average molecular weight is 565 g/mol. The first-order chi connectivity index (χ1) is 19.1. The van der Waals surface area contributed by atoms with E-state index in [1.807, 2.05) is 45.0 Å². The number of aromatic nitrogens is 1. The van der Waals surface area contributed by atoms with Crippen LogP contribution < -0.4 is 29.1 Å². The zero-order valence-corrected chi connectivity index (χ0v) is 24.2. The molecule has 0 aliphatic carbocycles. The van der Waals surface area contributed by atoms with E-state index in [1.54, 1.807) is 38.3 Å². The molecule has 1 aromatic heterocycles. The minimum atomic E-state index is -0.846. The van der Waals surface area contributed by atoms with E-state index >= 15 is 0 Å². The molecular formula is C30H32N2O7S. The van der Waals surface area contributed by atoms with E-state index in [1.165, 1.54) is 22.8 Å². The second kappa shape index (κ2) is 12.3. The smallest absolute Gasteiger partial charge is 0.338 e. The number of benzene rings is 2. The van der Waals surface area contributed by atoms with E-state index in [0.29, 0.717) is 38.7 Å². The van der Waals surface area contributed by atoms with Crippen molar-refractivity contribution in [2.75, 3.05) is 20.3 Å². The van der Waals surface area contributed by atoms with Gasteiger partial charge in [0.2, 0.25) is 0 Å². The molecule has 0 saturated carbocycles. The van der Waals surface area contributed by atoms with Crippen molar-refractivity contribution in [1.82, 2.24) is 4.57 Å². The number of carbonyl (C=O) groups excluding carboxylic acids is 2. The summed E-state index contributed by atoms with van der Waals surface area (Å²) in [7, 11) is 1.57. The normalized spacial score (nSPS) is 15.0. The number of fused-ring (bicyclic) bond motifs is 1. The second-order valence-electron chi connectivity index (χ2n) is 9.55. The van der Waals surface area contributed by atoms with Crippen LogP contribution in [0.5, 0.6) is 17.2 Å². The minimum absolute atomic E-state index is 0.123. The van der Waals surface area contributed by atoms with E-state index in [9.17, 15) is 14.4 Å². The standard InChI is InChI=1S/C30H32N2O7S/c1-7-37-24-14-21(12-13-23(24)39-19(5)33)27-26(29(35)38-16-17(2)3)18(4)31-30-32(27)28(34)25(40-30)15-20-10-8-9-11-22(20)36-6/h8-15,17,27H,7,16H2,1-6H3/b25-15+/t27-/m1/s1. The van der Waals surface area contributed by atoms with Gasteiger partial charge in [-0.2, -0.15) is 0 Å². The zero-order valence-electron chi connectivity index (χ0n) is 23.3. The van der Waals surface area contributed by atoms with Gasteiger partial charge in [-0.05, 0) is 49.6 Å². The molecule has 0 radical (unpaired) electrons. The van der Waals surface area contributed by atoms with Crippen LogP contribution >= 0.6 is 11.3 Å². The van der Waals surface area contributed by atoms with Crippen molar-refractivity contribution in [1.29, 1.82) is 0 Å². The summed E-state index contributed by atoms with van der Waals surface area (Å²) in [6.07, 6.45) is 1.76. The summed E-state index contributed by atoms with van der Waals surface area (Å²) in [5.74, 6) is 0.259. The fraction of sp³-hybridized carbons (Fsp3) is 0.333. The van der Waals surface area contributed by atoms with Crippen molar-refractivity contribution in [2.45, 2.75) is 40.7 Å². The number of carbonyl (C=O) groups is 2. The fourth-order valence-corrected chi connectivity index (χ4v) is 5.38. The van der Waals surface area contributed by atoms with Gasteiger partial charge >= 0.3 is 11.9 Å². The SMILES string of the molecule is CCOc1cc([C@@H]2C(C(=O)OCC(C)C)=C(C)N=c3s/c(=C/c4ccccc4OC)c(=O)n32)ccc1OC(C)=O. The lowest BCUT2D eigenvalue weighted by Crippen LogP contribution is -2.40. The van der Waals surface area contributed by atoms with Crippen LogP contribution in [0.15, 0.2) is 63.5 Å². The van der Waals surface area contributed by atoms with Gasteiger partial charge in [-0.25, -0.2) is 9.79 Å². The number of para-hydroxylation sites is 1. The van der Waals surface area contributed by atoms with E-state index in [0.717, 1.165) is 5.56 Å². The lowest BCUT2D eigenvalue weighted by atomic mass is 9.95. The van der Waals surface area contributed by atoms with Gasteiger partial charge in [-0.15, -0.1) is 0 Å². The summed E-state index contributed by atoms with van der Waals surface area (Å²) in [5.41, 5.74) is 1.70. The van der Waals surface area contributed by atoms with Gasteiger partial charge in [0.15, 0.2) is 16.3 Å². The molecule has 10 heteroatoms. The van der Waals surface area contributed by atoms with Crippen LogP contribution in [0, 0.1) is 5.92 Å². The van der Waals surface area contributed by atoms with Gasteiger partial charge in [-0.3, -0.25) is 14.2 Å². The molecule has 0 amide bonds. The molecule has 0 saturated heterocycles. The monoisotopic (exact) mass is 564 g/mol. The van der Waals surface area contributed by atoms with Crippen molar-refractivity contribution in [2.24, 2.45) is 10.9 Å². The highest BCUT2D eigenvalue weighted by atomic mass is 32.1. The molecule has 40 heavy (non-hydrogen) atoms. The summed E-state index contributed by atoms with van der Waals surface area (Å²) >= 11 is 1.22. The third kappa shape index (κ3) is 6.02. The third-order valence-corrected chi connectivity index (χ3v) is 7.03. The first-order valence-corrected chi connectivity index (χ1v) is 13.7. The molecule has 0 unspecified atom stereocenters. The molecule has 1 aliphatic heterocycles. The Labute approximate surface area is 236 Å². The molecular weight excluding hydrogens is 532 g/mol. The molecule has 0 bridgehead atoms. The summed E-state index contributed by atoms with van der Waals surface area (Å²) in [5, 5.41) is 0. The highest BCUT2D eigenvalue weighted by molar-refractivity contribution is 7.07. The Morgan fingerprint density at radius 3 is 2.55 bits per heavy atom. The first-order valence-electron chi connectivity index (χ1n) is 12.9. The van der Waals surface area contributed by atoms with Crippen LogP contribution in [0.2, 0.25) is 0 Å². The number of rotatable bonds is 9. The van der Waals surface area contributed by atoms with Gasteiger partial charge < -0.3 is 18.9 Å². The van der Waals surface area contributed by atoms with E-state index < -0.39 is 18.0 Å². The summed E-state index contributed by atoms with van der Waals surface area (Å²) in [6.45, 7) is 9.27. The highest BCUT2D eigenvalue weighted by Crippen LogP contribution is 2.36. The molecule has 1 atom stereocenters. The average Bonchev–Trinajstić information content (AvgIpc) is 3.21. The van der Waals surface area contributed by atoms with Crippen molar-refractivity contribution >= 4 is 29.4 Å². The molecule has 0 spiro atoms. The lowest BCUT2D eigenvalue weighted by molar-refractivity contribution is -0.140. The van der Waals surface area contributed by atoms with E-state index in [-0.39, 0.29) is 29.4 Å². The van der Waals surface area contributed by atoms with Crippen LogP contribution in [-0.2, 0) is 14.3 Å². The van der Waals surface area contributed by atoms with Crippen molar-refractivity contribution < 1.29 is 28.5 Å². The van der Waals surface area contributed by atoms with Crippen LogP contribution in [0.25, 0.3) is 6.08 Å². The number of thiazole rings is 1. The van der Waals surface area contributed by atoms with E-state index in [2.05, 4.69) is 4.99 Å². The molecule has 4 rings (SSSR count). The number of methoxy groups -OCH3 is 1. The van der Waals surface area contributed by atoms with E-state index in [4.69, 9.17) is 18.9 Å². The maximum Gasteiger partial charge on any atom is 0.338 e. The van der Waals surface area contributed by atoms with Crippen LogP contribution in [0.4, 0.5) is 0 Å².